The zero-order valence-electron chi connectivity index (χ0n) is 30.1. The van der Waals surface area contributed by atoms with Gasteiger partial charge in [0.15, 0.2) is 0 Å². The van der Waals surface area contributed by atoms with Gasteiger partial charge in [-0.05, 0) is 68.4 Å². The highest BCUT2D eigenvalue weighted by molar-refractivity contribution is 7.26. The molecule has 3 heterocycles. The van der Waals surface area contributed by atoms with E-state index in [2.05, 4.69) is 187 Å². The normalized spacial score (nSPS) is 11.6. The molecule has 0 radical (unpaired) electrons. The summed E-state index contributed by atoms with van der Waals surface area (Å²) in [7, 11) is 0. The predicted molar refractivity (Wildman–Crippen MR) is 238 cm³/mol. The van der Waals surface area contributed by atoms with Crippen molar-refractivity contribution < 1.29 is 0 Å². The maximum Gasteiger partial charge on any atom is 0.106 e. The maximum atomic E-state index is 5.12. The highest BCUT2D eigenvalue weighted by Crippen LogP contribution is 2.51. The summed E-state index contributed by atoms with van der Waals surface area (Å²) in [5.74, 6) is 0. The Morgan fingerprint density at radius 3 is 1.46 bits per heavy atom. The van der Waals surface area contributed by atoms with Crippen LogP contribution in [0, 0.1) is 0 Å². The molecular weight excluding hydrogens is 719 g/mol. The van der Waals surface area contributed by atoms with Crippen LogP contribution in [0.2, 0.25) is 0 Å². The van der Waals surface area contributed by atoms with E-state index in [1.54, 1.807) is 0 Å². The van der Waals surface area contributed by atoms with Gasteiger partial charge in [0.2, 0.25) is 0 Å². The van der Waals surface area contributed by atoms with E-state index >= 15 is 0 Å². The van der Waals surface area contributed by atoms with Gasteiger partial charge in [-0.3, -0.25) is 0 Å². The number of hydrogen-bond acceptors (Lipinski definition) is 5. The third-order valence-corrected chi connectivity index (χ3v) is 13.1. The molecule has 0 N–H and O–H groups in total. The molecular formula is C51H31N3S2. The highest BCUT2D eigenvalue weighted by atomic mass is 32.1. The molecule has 0 saturated carbocycles. The van der Waals surface area contributed by atoms with Gasteiger partial charge in [-0.15, -0.1) is 32.9 Å². The molecule has 262 valence electrons. The average molecular weight is 750 g/mol. The Labute approximate surface area is 331 Å². The Kier molecular flexibility index (Phi) is 7.87. The molecule has 0 bridgehead atoms. The number of fused-ring (bicyclic) bond motifs is 6. The average Bonchev–Trinajstić information content (AvgIpc) is 3.85. The van der Waals surface area contributed by atoms with Crippen molar-refractivity contribution >= 4 is 63.0 Å². The first-order valence-electron chi connectivity index (χ1n) is 18.7. The van der Waals surface area contributed by atoms with Crippen molar-refractivity contribution in [3.63, 3.8) is 0 Å². The summed E-state index contributed by atoms with van der Waals surface area (Å²) in [6, 6.07) is 67.3. The Bertz CT molecular complexity index is 3250. The molecule has 0 saturated heterocycles. The molecule has 3 nitrogen and oxygen atoms in total. The van der Waals surface area contributed by atoms with Gasteiger partial charge < -0.3 is 0 Å². The van der Waals surface area contributed by atoms with E-state index < -0.39 is 0 Å². The molecule has 5 heteroatoms. The van der Waals surface area contributed by atoms with Gasteiger partial charge in [0.25, 0.3) is 0 Å². The van der Waals surface area contributed by atoms with Crippen LogP contribution in [-0.4, -0.2) is 15.4 Å². The standard InChI is InChI=1S/C51H31N3S2/c1-3-16-32(17-4-1)34-20-7-8-21-35(34)36-22-9-10-23-37(36)38-30-31-45-47(40-25-12-14-28-43(40)56-45)48(38)51-49(50(52-54-53-51)33-18-5-2-6-19-33)41-26-15-29-44-46(41)39-24-11-13-27-42(39)55-44/h1-31H. The minimum absolute atomic E-state index is 0.809. The van der Waals surface area contributed by atoms with E-state index in [-0.39, 0.29) is 0 Å². The maximum absolute atomic E-state index is 5.12. The van der Waals surface area contributed by atoms with Gasteiger partial charge in [0.1, 0.15) is 11.4 Å². The van der Waals surface area contributed by atoms with Crippen LogP contribution in [0.3, 0.4) is 0 Å². The third-order valence-electron chi connectivity index (χ3n) is 10.8. The van der Waals surface area contributed by atoms with Crippen molar-refractivity contribution in [3.05, 3.63) is 188 Å². The van der Waals surface area contributed by atoms with Gasteiger partial charge in [0, 0.05) is 57.0 Å². The number of rotatable bonds is 6. The Balaban J connectivity index is 1.29. The fraction of sp³-hybridized carbons (Fsp3) is 0. The van der Waals surface area contributed by atoms with Crippen LogP contribution >= 0.6 is 22.7 Å². The van der Waals surface area contributed by atoms with E-state index in [9.17, 15) is 0 Å². The number of hydrogen-bond donors (Lipinski definition) is 0. The Morgan fingerprint density at radius 1 is 0.286 bits per heavy atom. The largest absolute Gasteiger partial charge is 0.135 e. The van der Waals surface area contributed by atoms with Crippen molar-refractivity contribution in [1.29, 1.82) is 0 Å². The fourth-order valence-electron chi connectivity index (χ4n) is 8.36. The molecule has 3 aromatic heterocycles. The minimum Gasteiger partial charge on any atom is -0.135 e. The number of nitrogens with zero attached hydrogens (tertiary/aromatic N) is 3. The summed E-state index contributed by atoms with van der Waals surface area (Å²) < 4.78 is 4.93. The molecule has 0 spiro atoms. The number of aromatic nitrogens is 3. The number of thiophene rings is 2. The summed E-state index contributed by atoms with van der Waals surface area (Å²) in [4.78, 5) is 0. The zero-order valence-corrected chi connectivity index (χ0v) is 31.7. The van der Waals surface area contributed by atoms with Crippen LogP contribution in [0.25, 0.3) is 107 Å². The van der Waals surface area contributed by atoms with Crippen LogP contribution in [0.1, 0.15) is 0 Å². The minimum atomic E-state index is 0.809. The van der Waals surface area contributed by atoms with Gasteiger partial charge >= 0.3 is 0 Å². The Hall–Kier alpha value is -6.79. The van der Waals surface area contributed by atoms with Crippen LogP contribution in [0.15, 0.2) is 188 Å². The van der Waals surface area contributed by atoms with Gasteiger partial charge in [-0.25, -0.2) is 0 Å². The monoisotopic (exact) mass is 749 g/mol. The molecule has 0 aliphatic carbocycles. The first-order chi connectivity index (χ1) is 27.8. The first kappa shape index (κ1) is 32.6. The molecule has 0 unspecified atom stereocenters. The summed E-state index contributed by atoms with van der Waals surface area (Å²) in [5.41, 5.74) is 12.7. The van der Waals surface area contributed by atoms with Crippen LogP contribution in [0.5, 0.6) is 0 Å². The first-order valence-corrected chi connectivity index (χ1v) is 20.3. The molecule has 56 heavy (non-hydrogen) atoms. The lowest BCUT2D eigenvalue weighted by Gasteiger charge is -2.20. The van der Waals surface area contributed by atoms with Crippen molar-refractivity contribution in [2.24, 2.45) is 0 Å². The molecule has 0 fully saturated rings. The lowest BCUT2D eigenvalue weighted by Crippen LogP contribution is -2.02. The van der Waals surface area contributed by atoms with E-state index in [0.29, 0.717) is 0 Å². The van der Waals surface area contributed by atoms with E-state index in [1.165, 1.54) is 57.0 Å². The zero-order chi connectivity index (χ0) is 37.0. The van der Waals surface area contributed by atoms with Crippen LogP contribution in [0.4, 0.5) is 0 Å². The van der Waals surface area contributed by atoms with Crippen molar-refractivity contribution in [2.75, 3.05) is 0 Å². The third kappa shape index (κ3) is 5.28. The molecule has 0 aliphatic rings. The van der Waals surface area contributed by atoms with E-state index in [1.807, 2.05) is 28.7 Å². The van der Waals surface area contributed by atoms with E-state index in [0.717, 1.165) is 50.3 Å². The topological polar surface area (TPSA) is 38.7 Å². The van der Waals surface area contributed by atoms with Gasteiger partial charge in [-0.2, -0.15) is 0 Å². The molecule has 11 aromatic rings. The SMILES string of the molecule is c1ccc(-c2ccccc2-c2ccccc2-c2ccc3sc4ccccc4c3c2-c2nnnc(-c3ccccc3)c2-c2cccc3sc4ccccc4c23)cc1. The molecule has 0 atom stereocenters. The second kappa shape index (κ2) is 13.5. The summed E-state index contributed by atoms with van der Waals surface area (Å²) in [6.45, 7) is 0. The predicted octanol–water partition coefficient (Wildman–Crippen LogP) is 14.6. The summed E-state index contributed by atoms with van der Waals surface area (Å²) in [5, 5.41) is 19.4. The summed E-state index contributed by atoms with van der Waals surface area (Å²) >= 11 is 3.64. The molecule has 0 amide bonds. The smallest absolute Gasteiger partial charge is 0.106 e. The highest BCUT2D eigenvalue weighted by Gasteiger charge is 2.27. The van der Waals surface area contributed by atoms with Crippen molar-refractivity contribution in [3.8, 4) is 67.0 Å². The lowest BCUT2D eigenvalue weighted by molar-refractivity contribution is 0.879. The second-order valence-electron chi connectivity index (χ2n) is 13.9. The van der Waals surface area contributed by atoms with Crippen LogP contribution < -0.4 is 0 Å². The van der Waals surface area contributed by atoms with Gasteiger partial charge in [0.05, 0.1) is 0 Å². The quantitative estimate of drug-likeness (QED) is 0.170. The van der Waals surface area contributed by atoms with Gasteiger partial charge in [-0.1, -0.05) is 164 Å². The summed E-state index contributed by atoms with van der Waals surface area (Å²) in [6.07, 6.45) is 0. The number of benzene rings is 8. The molecule has 8 aromatic carbocycles. The lowest BCUT2D eigenvalue weighted by atomic mass is 9.84. The van der Waals surface area contributed by atoms with Crippen molar-refractivity contribution in [1.82, 2.24) is 15.4 Å². The Morgan fingerprint density at radius 2 is 0.768 bits per heavy atom. The molecule has 0 aliphatic heterocycles. The second-order valence-corrected chi connectivity index (χ2v) is 16.1. The van der Waals surface area contributed by atoms with Crippen LogP contribution in [-0.2, 0) is 0 Å². The molecule has 11 rings (SSSR count). The fourth-order valence-corrected chi connectivity index (χ4v) is 10.6. The van der Waals surface area contributed by atoms with E-state index in [4.69, 9.17) is 10.2 Å². The van der Waals surface area contributed by atoms with Crippen molar-refractivity contribution in [2.45, 2.75) is 0 Å².